The minimum absolute atomic E-state index is 0.261. The van der Waals surface area contributed by atoms with Crippen molar-refractivity contribution in [2.45, 2.75) is 25.4 Å². The van der Waals surface area contributed by atoms with Gasteiger partial charge in [0.25, 0.3) is 0 Å². The van der Waals surface area contributed by atoms with Crippen molar-refractivity contribution >= 4 is 0 Å². The van der Waals surface area contributed by atoms with Crippen LogP contribution in [0.4, 0.5) is 8.78 Å². The molecule has 0 aromatic heterocycles. The molecule has 1 aliphatic heterocycles. The van der Waals surface area contributed by atoms with Crippen molar-refractivity contribution in [1.29, 1.82) is 0 Å². The van der Waals surface area contributed by atoms with Gasteiger partial charge in [-0.15, -0.1) is 0 Å². The summed E-state index contributed by atoms with van der Waals surface area (Å²) in [6.07, 6.45) is 1.08. The lowest BCUT2D eigenvalue weighted by Crippen LogP contribution is -2.52. The van der Waals surface area contributed by atoms with Crippen LogP contribution in [0.2, 0.25) is 0 Å². The quantitative estimate of drug-likeness (QED) is 0.917. The van der Waals surface area contributed by atoms with Crippen molar-refractivity contribution in [3.05, 3.63) is 35.4 Å². The van der Waals surface area contributed by atoms with Crippen molar-refractivity contribution in [2.75, 3.05) is 33.2 Å². The standard InChI is InChI=1S/C15H23F2N3/c1-3-11-9-20(8-7-19(11)2)10-14(18)12-5-4-6-13(16)15(12)17/h4-6,11,14H,3,7-10,18H2,1-2H3. The molecule has 1 aromatic carbocycles. The van der Waals surface area contributed by atoms with Crippen molar-refractivity contribution in [3.8, 4) is 0 Å². The second-order valence-electron chi connectivity index (χ2n) is 5.55. The maximum Gasteiger partial charge on any atom is 0.163 e. The predicted octanol–water partition coefficient (Wildman–Crippen LogP) is 1.99. The van der Waals surface area contributed by atoms with Crippen LogP contribution in [0.1, 0.15) is 24.9 Å². The highest BCUT2D eigenvalue weighted by Crippen LogP contribution is 2.20. The average Bonchev–Trinajstić information content (AvgIpc) is 2.43. The Hall–Kier alpha value is -1.04. The zero-order chi connectivity index (χ0) is 14.7. The van der Waals surface area contributed by atoms with Gasteiger partial charge in [0.15, 0.2) is 11.6 Å². The molecule has 20 heavy (non-hydrogen) atoms. The fraction of sp³-hybridized carbons (Fsp3) is 0.600. The van der Waals surface area contributed by atoms with Crippen LogP contribution in [-0.2, 0) is 0 Å². The van der Waals surface area contributed by atoms with Crippen LogP contribution in [0.3, 0.4) is 0 Å². The van der Waals surface area contributed by atoms with E-state index in [1.807, 2.05) is 0 Å². The molecule has 3 nitrogen and oxygen atoms in total. The van der Waals surface area contributed by atoms with Gasteiger partial charge in [0.2, 0.25) is 0 Å². The van der Waals surface area contributed by atoms with Gasteiger partial charge in [-0.3, -0.25) is 4.90 Å². The number of likely N-dealkylation sites (N-methyl/N-ethyl adjacent to an activating group) is 1. The predicted molar refractivity (Wildman–Crippen MR) is 76.4 cm³/mol. The Kier molecular flexibility index (Phi) is 5.07. The first-order chi connectivity index (χ1) is 9.52. The average molecular weight is 283 g/mol. The molecule has 0 amide bonds. The fourth-order valence-electron chi connectivity index (χ4n) is 2.80. The number of benzene rings is 1. The summed E-state index contributed by atoms with van der Waals surface area (Å²) in [5, 5.41) is 0. The molecule has 2 N–H and O–H groups in total. The van der Waals surface area contributed by atoms with E-state index in [1.165, 1.54) is 6.07 Å². The van der Waals surface area contributed by atoms with Crippen LogP contribution in [0, 0.1) is 11.6 Å². The summed E-state index contributed by atoms with van der Waals surface area (Å²) >= 11 is 0. The number of piperazine rings is 1. The molecule has 5 heteroatoms. The van der Waals surface area contributed by atoms with Gasteiger partial charge < -0.3 is 10.6 Å². The molecule has 1 aromatic rings. The Morgan fingerprint density at radius 1 is 1.35 bits per heavy atom. The number of nitrogens with two attached hydrogens (primary N) is 1. The van der Waals surface area contributed by atoms with Gasteiger partial charge in [0.05, 0.1) is 0 Å². The van der Waals surface area contributed by atoms with Crippen molar-refractivity contribution in [1.82, 2.24) is 9.80 Å². The van der Waals surface area contributed by atoms with E-state index < -0.39 is 17.7 Å². The number of nitrogens with zero attached hydrogens (tertiary/aromatic N) is 2. The number of hydrogen-bond acceptors (Lipinski definition) is 3. The molecule has 2 rings (SSSR count). The Labute approximate surface area is 119 Å². The Morgan fingerprint density at radius 3 is 2.80 bits per heavy atom. The van der Waals surface area contributed by atoms with E-state index >= 15 is 0 Å². The van der Waals surface area contributed by atoms with Crippen LogP contribution in [0.5, 0.6) is 0 Å². The van der Waals surface area contributed by atoms with Gasteiger partial charge in [-0.2, -0.15) is 0 Å². The van der Waals surface area contributed by atoms with E-state index in [9.17, 15) is 8.78 Å². The van der Waals surface area contributed by atoms with Crippen molar-refractivity contribution in [2.24, 2.45) is 5.73 Å². The van der Waals surface area contributed by atoms with Crippen molar-refractivity contribution in [3.63, 3.8) is 0 Å². The molecule has 1 saturated heterocycles. The van der Waals surface area contributed by atoms with E-state index in [0.717, 1.165) is 32.1 Å². The number of hydrogen-bond donors (Lipinski definition) is 1. The van der Waals surface area contributed by atoms with Gasteiger partial charge >= 0.3 is 0 Å². The monoisotopic (exact) mass is 283 g/mol. The molecular formula is C15H23F2N3. The number of rotatable bonds is 4. The van der Waals surface area contributed by atoms with Gasteiger partial charge in [0.1, 0.15) is 0 Å². The highest BCUT2D eigenvalue weighted by atomic mass is 19.2. The minimum atomic E-state index is -0.831. The van der Waals surface area contributed by atoms with E-state index in [-0.39, 0.29) is 5.56 Å². The largest absolute Gasteiger partial charge is 0.323 e. The molecule has 1 aliphatic rings. The number of halogens is 2. The molecule has 0 spiro atoms. The van der Waals surface area contributed by atoms with Crippen LogP contribution in [-0.4, -0.2) is 49.1 Å². The van der Waals surface area contributed by atoms with Gasteiger partial charge in [-0.25, -0.2) is 8.78 Å². The summed E-state index contributed by atoms with van der Waals surface area (Å²) < 4.78 is 27.0. The van der Waals surface area contributed by atoms with Gasteiger partial charge in [0, 0.05) is 43.8 Å². The van der Waals surface area contributed by atoms with Crippen molar-refractivity contribution < 1.29 is 8.78 Å². The highest BCUT2D eigenvalue weighted by molar-refractivity contribution is 5.22. The molecule has 2 atom stereocenters. The van der Waals surface area contributed by atoms with E-state index in [2.05, 4.69) is 23.8 Å². The normalized spacial score (nSPS) is 22.9. The lowest BCUT2D eigenvalue weighted by Gasteiger charge is -2.40. The molecule has 1 heterocycles. The summed E-state index contributed by atoms with van der Waals surface area (Å²) in [5.41, 5.74) is 6.32. The lowest BCUT2D eigenvalue weighted by atomic mass is 10.0. The summed E-state index contributed by atoms with van der Waals surface area (Å²) in [6, 6.07) is 4.21. The molecule has 1 fully saturated rings. The molecule has 0 bridgehead atoms. The maximum absolute atomic E-state index is 13.7. The van der Waals surface area contributed by atoms with Gasteiger partial charge in [-0.1, -0.05) is 19.1 Å². The highest BCUT2D eigenvalue weighted by Gasteiger charge is 2.25. The SMILES string of the molecule is CCC1CN(CC(N)c2cccc(F)c2F)CCN1C. The molecule has 112 valence electrons. The molecular weight excluding hydrogens is 260 g/mol. The second-order valence-corrected chi connectivity index (χ2v) is 5.55. The van der Waals surface area contributed by atoms with E-state index in [0.29, 0.717) is 12.6 Å². The summed E-state index contributed by atoms with van der Waals surface area (Å²) in [4.78, 5) is 4.58. The third kappa shape index (κ3) is 3.34. The fourth-order valence-corrected chi connectivity index (χ4v) is 2.80. The third-order valence-electron chi connectivity index (χ3n) is 4.17. The van der Waals surface area contributed by atoms with Crippen LogP contribution < -0.4 is 5.73 Å². The lowest BCUT2D eigenvalue weighted by molar-refractivity contribution is 0.0887. The summed E-state index contributed by atoms with van der Waals surface area (Å²) in [7, 11) is 2.12. The smallest absolute Gasteiger partial charge is 0.163 e. The maximum atomic E-state index is 13.7. The molecule has 0 saturated carbocycles. The van der Waals surface area contributed by atoms with E-state index in [1.54, 1.807) is 6.07 Å². The first kappa shape index (κ1) is 15.4. The van der Waals surface area contributed by atoms with Crippen LogP contribution >= 0.6 is 0 Å². The van der Waals surface area contributed by atoms with E-state index in [4.69, 9.17) is 5.73 Å². The first-order valence-corrected chi connectivity index (χ1v) is 7.15. The minimum Gasteiger partial charge on any atom is -0.323 e. The third-order valence-corrected chi connectivity index (χ3v) is 4.17. The topological polar surface area (TPSA) is 32.5 Å². The molecule has 0 aliphatic carbocycles. The molecule has 0 radical (unpaired) electrons. The first-order valence-electron chi connectivity index (χ1n) is 7.15. The Balaban J connectivity index is 2.01. The zero-order valence-electron chi connectivity index (χ0n) is 12.1. The Morgan fingerprint density at radius 2 is 2.10 bits per heavy atom. The second kappa shape index (κ2) is 6.61. The van der Waals surface area contributed by atoms with Crippen LogP contribution in [0.25, 0.3) is 0 Å². The zero-order valence-corrected chi connectivity index (χ0v) is 12.1. The summed E-state index contributed by atoms with van der Waals surface area (Å²) in [6.45, 7) is 5.55. The van der Waals surface area contributed by atoms with Crippen LogP contribution in [0.15, 0.2) is 18.2 Å². The van der Waals surface area contributed by atoms with Gasteiger partial charge in [-0.05, 0) is 19.5 Å². The molecule has 2 unspecified atom stereocenters. The summed E-state index contributed by atoms with van der Waals surface area (Å²) in [5.74, 6) is -1.65. The Bertz CT molecular complexity index is 453.